The lowest BCUT2D eigenvalue weighted by molar-refractivity contribution is 0.397. The summed E-state index contributed by atoms with van der Waals surface area (Å²) in [6.45, 7) is 4.28. The van der Waals surface area contributed by atoms with Gasteiger partial charge in [0.15, 0.2) is 0 Å². The Hall–Kier alpha value is -1.25. The fraction of sp³-hybridized carbons (Fsp3) is 0.333. The lowest BCUT2D eigenvalue weighted by Gasteiger charge is -2.18. The van der Waals surface area contributed by atoms with E-state index in [1.807, 2.05) is 24.3 Å². The number of benzene rings is 1. The van der Waals surface area contributed by atoms with Gasteiger partial charge < -0.3 is 9.73 Å². The molecule has 0 aliphatic rings. The summed E-state index contributed by atoms with van der Waals surface area (Å²) in [4.78, 5) is 0. The lowest BCUT2D eigenvalue weighted by Crippen LogP contribution is -2.30. The van der Waals surface area contributed by atoms with E-state index in [-0.39, 0.29) is 6.04 Å². The average molecular weight is 264 g/mol. The van der Waals surface area contributed by atoms with Gasteiger partial charge in [0.05, 0.1) is 12.3 Å². The summed E-state index contributed by atoms with van der Waals surface area (Å²) in [6.07, 6.45) is 2.68. The summed E-state index contributed by atoms with van der Waals surface area (Å²) in [5, 5.41) is 4.30. The van der Waals surface area contributed by atoms with Crippen LogP contribution in [0.5, 0.6) is 0 Å². The van der Waals surface area contributed by atoms with E-state index in [2.05, 4.69) is 31.3 Å². The number of hydrogen-bond donors (Lipinski definition) is 1. The van der Waals surface area contributed by atoms with E-state index < -0.39 is 0 Å². The van der Waals surface area contributed by atoms with Crippen molar-refractivity contribution in [2.75, 3.05) is 0 Å². The monoisotopic (exact) mass is 263 g/mol. The van der Waals surface area contributed by atoms with Crippen molar-refractivity contribution in [3.63, 3.8) is 0 Å². The maximum atomic E-state index is 5.87. The Morgan fingerprint density at radius 3 is 2.50 bits per heavy atom. The highest BCUT2D eigenvalue weighted by atomic mass is 35.5. The van der Waals surface area contributed by atoms with Crippen LogP contribution in [0.25, 0.3) is 0 Å². The van der Waals surface area contributed by atoms with Crippen LogP contribution < -0.4 is 5.32 Å². The fourth-order valence-electron chi connectivity index (χ4n) is 2.08. The quantitative estimate of drug-likeness (QED) is 0.874. The molecule has 0 aliphatic carbocycles. The van der Waals surface area contributed by atoms with Crippen LogP contribution in [0, 0.1) is 0 Å². The molecule has 2 unspecified atom stereocenters. The maximum Gasteiger partial charge on any atom is 0.120 e. The molecule has 0 fully saturated rings. The SMILES string of the molecule is CC(Cc1ccc(Cl)cc1)NC(C)c1ccco1. The molecule has 18 heavy (non-hydrogen) atoms. The molecule has 0 saturated carbocycles. The van der Waals surface area contributed by atoms with Crippen LogP contribution in [0.2, 0.25) is 5.02 Å². The molecule has 1 N–H and O–H groups in total. The summed E-state index contributed by atoms with van der Waals surface area (Å²) < 4.78 is 5.38. The van der Waals surface area contributed by atoms with Crippen molar-refractivity contribution >= 4 is 11.6 Å². The standard InChI is InChI=1S/C15H18ClNO/c1-11(10-13-5-7-14(16)8-6-13)17-12(2)15-4-3-9-18-15/h3-9,11-12,17H,10H2,1-2H3. The zero-order valence-corrected chi connectivity index (χ0v) is 11.4. The Morgan fingerprint density at radius 1 is 1.17 bits per heavy atom. The van der Waals surface area contributed by atoms with E-state index in [1.54, 1.807) is 6.26 Å². The van der Waals surface area contributed by atoms with Crippen LogP contribution in [0.3, 0.4) is 0 Å². The van der Waals surface area contributed by atoms with Crippen LogP contribution in [-0.4, -0.2) is 6.04 Å². The van der Waals surface area contributed by atoms with Crippen molar-refractivity contribution in [3.05, 3.63) is 59.0 Å². The van der Waals surface area contributed by atoms with E-state index in [0.717, 1.165) is 17.2 Å². The third-order valence-corrected chi connectivity index (χ3v) is 3.21. The molecule has 3 heteroatoms. The molecule has 0 radical (unpaired) electrons. The molecule has 1 aromatic carbocycles. The topological polar surface area (TPSA) is 25.2 Å². The van der Waals surface area contributed by atoms with Gasteiger partial charge in [-0.1, -0.05) is 23.7 Å². The Labute approximate surface area is 113 Å². The second-order valence-corrected chi connectivity index (χ2v) is 5.07. The van der Waals surface area contributed by atoms with Crippen LogP contribution in [0.1, 0.15) is 31.2 Å². The molecule has 0 amide bonds. The highest BCUT2D eigenvalue weighted by Gasteiger charge is 2.11. The minimum Gasteiger partial charge on any atom is -0.468 e. The van der Waals surface area contributed by atoms with Crippen molar-refractivity contribution in [2.24, 2.45) is 0 Å². The zero-order valence-electron chi connectivity index (χ0n) is 10.7. The van der Waals surface area contributed by atoms with E-state index in [9.17, 15) is 0 Å². The number of halogens is 1. The fourth-order valence-corrected chi connectivity index (χ4v) is 2.21. The second-order valence-electron chi connectivity index (χ2n) is 4.64. The van der Waals surface area contributed by atoms with E-state index >= 15 is 0 Å². The first-order chi connectivity index (χ1) is 8.65. The second kappa shape index (κ2) is 6.07. The van der Waals surface area contributed by atoms with Gasteiger partial charge in [-0.05, 0) is 50.1 Å². The van der Waals surface area contributed by atoms with Gasteiger partial charge in [0.25, 0.3) is 0 Å². The predicted molar refractivity (Wildman–Crippen MR) is 74.9 cm³/mol. The zero-order chi connectivity index (χ0) is 13.0. The normalized spacial score (nSPS) is 14.4. The molecule has 2 aromatic rings. The van der Waals surface area contributed by atoms with Gasteiger partial charge in [-0.15, -0.1) is 0 Å². The Balaban J connectivity index is 1.88. The molecule has 2 nitrogen and oxygen atoms in total. The number of furan rings is 1. The molecule has 0 saturated heterocycles. The molecule has 2 atom stereocenters. The Bertz CT molecular complexity index is 464. The summed E-state index contributed by atoms with van der Waals surface area (Å²) in [6, 6.07) is 12.5. The Kier molecular flexibility index (Phi) is 4.45. The van der Waals surface area contributed by atoms with E-state index in [4.69, 9.17) is 16.0 Å². The van der Waals surface area contributed by atoms with Gasteiger partial charge in [0.1, 0.15) is 5.76 Å². The average Bonchev–Trinajstić information content (AvgIpc) is 2.85. The minimum absolute atomic E-state index is 0.224. The van der Waals surface area contributed by atoms with Gasteiger partial charge in [-0.25, -0.2) is 0 Å². The number of rotatable bonds is 5. The predicted octanol–water partition coefficient (Wildman–Crippen LogP) is 4.21. The third-order valence-electron chi connectivity index (χ3n) is 2.96. The molecule has 0 aliphatic heterocycles. The van der Waals surface area contributed by atoms with Gasteiger partial charge in [-0.3, -0.25) is 0 Å². The van der Waals surface area contributed by atoms with Crippen LogP contribution >= 0.6 is 11.6 Å². The van der Waals surface area contributed by atoms with Crippen molar-refractivity contribution in [2.45, 2.75) is 32.4 Å². The van der Waals surface area contributed by atoms with Gasteiger partial charge in [0.2, 0.25) is 0 Å². The largest absolute Gasteiger partial charge is 0.468 e. The highest BCUT2D eigenvalue weighted by Crippen LogP contribution is 2.15. The number of nitrogens with one attached hydrogen (secondary N) is 1. The highest BCUT2D eigenvalue weighted by molar-refractivity contribution is 6.30. The Morgan fingerprint density at radius 2 is 1.89 bits per heavy atom. The van der Waals surface area contributed by atoms with E-state index in [1.165, 1.54) is 5.56 Å². The first-order valence-electron chi connectivity index (χ1n) is 6.19. The lowest BCUT2D eigenvalue weighted by atomic mass is 10.1. The van der Waals surface area contributed by atoms with Gasteiger partial charge in [-0.2, -0.15) is 0 Å². The summed E-state index contributed by atoms with van der Waals surface area (Å²) in [5.41, 5.74) is 1.28. The smallest absolute Gasteiger partial charge is 0.120 e. The van der Waals surface area contributed by atoms with Crippen LogP contribution in [-0.2, 0) is 6.42 Å². The summed E-state index contributed by atoms with van der Waals surface area (Å²) >= 11 is 5.87. The first-order valence-corrected chi connectivity index (χ1v) is 6.57. The first kappa shape index (κ1) is 13.2. The van der Waals surface area contributed by atoms with E-state index in [0.29, 0.717) is 6.04 Å². The summed E-state index contributed by atoms with van der Waals surface area (Å²) in [7, 11) is 0. The molecule has 0 bridgehead atoms. The van der Waals surface area contributed by atoms with Crippen molar-refractivity contribution in [1.29, 1.82) is 0 Å². The van der Waals surface area contributed by atoms with Crippen molar-refractivity contribution in [1.82, 2.24) is 5.32 Å². The van der Waals surface area contributed by atoms with Gasteiger partial charge >= 0.3 is 0 Å². The molecular formula is C15H18ClNO. The molecule has 2 rings (SSSR count). The molecule has 1 heterocycles. The van der Waals surface area contributed by atoms with Crippen molar-refractivity contribution in [3.8, 4) is 0 Å². The molecule has 96 valence electrons. The molecule has 0 spiro atoms. The number of hydrogen-bond acceptors (Lipinski definition) is 2. The molecule has 1 aromatic heterocycles. The maximum absolute atomic E-state index is 5.87. The third kappa shape index (κ3) is 3.62. The molecular weight excluding hydrogens is 246 g/mol. The van der Waals surface area contributed by atoms with Gasteiger partial charge in [0, 0.05) is 11.1 Å². The van der Waals surface area contributed by atoms with Crippen molar-refractivity contribution < 1.29 is 4.42 Å². The summed E-state index contributed by atoms with van der Waals surface area (Å²) in [5.74, 6) is 0.970. The minimum atomic E-state index is 0.224. The van der Waals surface area contributed by atoms with Crippen LogP contribution in [0.4, 0.5) is 0 Å². The van der Waals surface area contributed by atoms with Crippen LogP contribution in [0.15, 0.2) is 47.1 Å².